The van der Waals surface area contributed by atoms with E-state index in [4.69, 9.17) is 5.11 Å². The average molecular weight is 285 g/mol. The van der Waals surface area contributed by atoms with Crippen molar-refractivity contribution in [2.24, 2.45) is 0 Å². The van der Waals surface area contributed by atoms with Crippen LogP contribution in [0.2, 0.25) is 0 Å². The van der Waals surface area contributed by atoms with Crippen LogP contribution in [0.4, 0.5) is 11.5 Å². The number of rotatable bonds is 6. The van der Waals surface area contributed by atoms with Gasteiger partial charge in [-0.15, -0.1) is 0 Å². The second-order valence-electron chi connectivity index (χ2n) is 4.04. The van der Waals surface area contributed by atoms with Crippen molar-refractivity contribution in [3.63, 3.8) is 0 Å². The molecule has 1 atom stereocenters. The van der Waals surface area contributed by atoms with Crippen LogP contribution in [-0.4, -0.2) is 46.1 Å². The molecule has 19 heavy (non-hydrogen) atoms. The van der Waals surface area contributed by atoms with Gasteiger partial charge >= 0.3 is 5.97 Å². The maximum absolute atomic E-state index is 11.2. The molecule has 1 aromatic heterocycles. The summed E-state index contributed by atoms with van der Waals surface area (Å²) in [6.07, 6.45) is 3.02. The van der Waals surface area contributed by atoms with Crippen molar-refractivity contribution >= 4 is 29.2 Å². The van der Waals surface area contributed by atoms with Crippen LogP contribution in [0.5, 0.6) is 0 Å². The summed E-state index contributed by atoms with van der Waals surface area (Å²) in [7, 11) is 1.72. The van der Waals surface area contributed by atoms with Gasteiger partial charge in [0, 0.05) is 24.9 Å². The quantitative estimate of drug-likeness (QED) is 0.629. The molecule has 1 unspecified atom stereocenters. The minimum Gasteiger partial charge on any atom is -0.478 e. The Balaban J connectivity index is 3.20. The summed E-state index contributed by atoms with van der Waals surface area (Å²) in [5.41, 5.74) is -0.489. The van der Waals surface area contributed by atoms with E-state index in [-0.39, 0.29) is 23.1 Å². The van der Waals surface area contributed by atoms with Crippen LogP contribution >= 0.6 is 11.8 Å². The van der Waals surface area contributed by atoms with Gasteiger partial charge in [-0.2, -0.15) is 11.8 Å². The highest BCUT2D eigenvalue weighted by atomic mass is 32.2. The molecule has 1 heterocycles. The first-order valence-corrected chi connectivity index (χ1v) is 6.87. The standard InChI is InChI=1S/C11H15N3O4S/c1-7(6-19-3)13(2)10-9(11(15)16)4-8(5-12-10)14(17)18/h4-5,7H,6H2,1-3H3,(H,15,16). The topological polar surface area (TPSA) is 96.6 Å². The van der Waals surface area contributed by atoms with Crippen molar-refractivity contribution in [2.45, 2.75) is 13.0 Å². The molecule has 0 amide bonds. The third kappa shape index (κ3) is 3.57. The molecule has 0 spiro atoms. The first kappa shape index (κ1) is 15.2. The summed E-state index contributed by atoms with van der Waals surface area (Å²) in [4.78, 5) is 26.8. The summed E-state index contributed by atoms with van der Waals surface area (Å²) in [5, 5.41) is 19.8. The monoisotopic (exact) mass is 285 g/mol. The van der Waals surface area contributed by atoms with Crippen LogP contribution in [0.3, 0.4) is 0 Å². The molecule has 0 saturated carbocycles. The van der Waals surface area contributed by atoms with Crippen molar-refractivity contribution in [2.75, 3.05) is 24.0 Å². The molecule has 104 valence electrons. The van der Waals surface area contributed by atoms with E-state index in [1.165, 1.54) is 0 Å². The summed E-state index contributed by atoms with van der Waals surface area (Å²) < 4.78 is 0. The highest BCUT2D eigenvalue weighted by Gasteiger charge is 2.22. The molecule has 1 rings (SSSR count). The molecule has 0 aliphatic heterocycles. The van der Waals surface area contributed by atoms with Crippen LogP contribution in [0.1, 0.15) is 17.3 Å². The van der Waals surface area contributed by atoms with Crippen molar-refractivity contribution in [1.29, 1.82) is 0 Å². The van der Waals surface area contributed by atoms with Gasteiger partial charge in [0.25, 0.3) is 5.69 Å². The van der Waals surface area contributed by atoms with Crippen LogP contribution in [0, 0.1) is 10.1 Å². The zero-order valence-corrected chi connectivity index (χ0v) is 11.7. The van der Waals surface area contributed by atoms with Gasteiger partial charge in [-0.05, 0) is 13.2 Å². The van der Waals surface area contributed by atoms with E-state index in [9.17, 15) is 14.9 Å². The van der Waals surface area contributed by atoms with E-state index < -0.39 is 10.9 Å². The second-order valence-corrected chi connectivity index (χ2v) is 4.95. The summed E-state index contributed by atoms with van der Waals surface area (Å²) >= 11 is 1.63. The number of carboxylic acids is 1. The first-order valence-electron chi connectivity index (χ1n) is 5.48. The lowest BCUT2D eigenvalue weighted by Crippen LogP contribution is -2.32. The number of aromatic carboxylic acids is 1. The number of carbonyl (C=O) groups is 1. The lowest BCUT2D eigenvalue weighted by molar-refractivity contribution is -0.385. The zero-order valence-electron chi connectivity index (χ0n) is 10.9. The molecule has 0 aliphatic carbocycles. The largest absolute Gasteiger partial charge is 0.478 e. The number of nitro groups is 1. The maximum Gasteiger partial charge on any atom is 0.339 e. The van der Waals surface area contributed by atoms with Crippen molar-refractivity contribution in [1.82, 2.24) is 4.98 Å². The molecular weight excluding hydrogens is 270 g/mol. The highest BCUT2D eigenvalue weighted by Crippen LogP contribution is 2.23. The van der Waals surface area contributed by atoms with Gasteiger partial charge < -0.3 is 10.0 Å². The number of aromatic nitrogens is 1. The highest BCUT2D eigenvalue weighted by molar-refractivity contribution is 7.98. The third-order valence-electron chi connectivity index (χ3n) is 2.70. The predicted molar refractivity (Wildman–Crippen MR) is 74.1 cm³/mol. The molecule has 0 fully saturated rings. The van der Waals surface area contributed by atoms with E-state index in [1.54, 1.807) is 23.7 Å². The molecule has 8 heteroatoms. The number of thioether (sulfide) groups is 1. The average Bonchev–Trinajstić information content (AvgIpc) is 2.37. The maximum atomic E-state index is 11.2. The Bertz CT molecular complexity index is 495. The van der Waals surface area contributed by atoms with E-state index in [2.05, 4.69) is 4.98 Å². The van der Waals surface area contributed by atoms with Gasteiger partial charge in [0.15, 0.2) is 0 Å². The number of anilines is 1. The Hall–Kier alpha value is -1.83. The zero-order chi connectivity index (χ0) is 14.6. The fourth-order valence-electron chi connectivity index (χ4n) is 1.55. The summed E-state index contributed by atoms with van der Waals surface area (Å²) in [6.45, 7) is 1.94. The molecular formula is C11H15N3O4S. The van der Waals surface area contributed by atoms with E-state index >= 15 is 0 Å². The van der Waals surface area contributed by atoms with Crippen molar-refractivity contribution < 1.29 is 14.8 Å². The molecule has 0 aliphatic rings. The molecule has 0 saturated heterocycles. The van der Waals surface area contributed by atoms with Crippen LogP contribution in [0.25, 0.3) is 0 Å². The Morgan fingerprint density at radius 3 is 2.79 bits per heavy atom. The SMILES string of the molecule is CSCC(C)N(C)c1ncc([N+](=O)[O-])cc1C(=O)O. The smallest absolute Gasteiger partial charge is 0.339 e. The first-order chi connectivity index (χ1) is 8.88. The van der Waals surface area contributed by atoms with Gasteiger partial charge in [-0.3, -0.25) is 10.1 Å². The fraction of sp³-hybridized carbons (Fsp3) is 0.455. The number of hydrogen-bond donors (Lipinski definition) is 1. The minimum atomic E-state index is -1.23. The fourth-order valence-corrected chi connectivity index (χ4v) is 2.25. The molecule has 0 radical (unpaired) electrons. The van der Waals surface area contributed by atoms with E-state index in [0.29, 0.717) is 0 Å². The Morgan fingerprint density at radius 1 is 1.68 bits per heavy atom. The van der Waals surface area contributed by atoms with Gasteiger partial charge in [0.2, 0.25) is 0 Å². The lowest BCUT2D eigenvalue weighted by atomic mass is 10.2. The number of hydrogen-bond acceptors (Lipinski definition) is 6. The van der Waals surface area contributed by atoms with Crippen molar-refractivity contribution in [3.05, 3.63) is 27.9 Å². The third-order valence-corrected chi connectivity index (χ3v) is 3.51. The van der Waals surface area contributed by atoms with Crippen LogP contribution < -0.4 is 4.90 Å². The molecule has 1 N–H and O–H groups in total. The number of carboxylic acid groups (broad SMARTS) is 1. The van der Waals surface area contributed by atoms with Crippen LogP contribution in [-0.2, 0) is 0 Å². The van der Waals surface area contributed by atoms with Gasteiger partial charge in [-0.1, -0.05) is 0 Å². The summed E-state index contributed by atoms with van der Waals surface area (Å²) in [5.74, 6) is -0.192. The molecule has 1 aromatic rings. The van der Waals surface area contributed by atoms with E-state index in [0.717, 1.165) is 18.0 Å². The Morgan fingerprint density at radius 2 is 2.32 bits per heavy atom. The van der Waals surface area contributed by atoms with Gasteiger partial charge in [-0.25, -0.2) is 9.78 Å². The van der Waals surface area contributed by atoms with Gasteiger partial charge in [0.05, 0.1) is 4.92 Å². The van der Waals surface area contributed by atoms with Crippen LogP contribution in [0.15, 0.2) is 12.3 Å². The van der Waals surface area contributed by atoms with Gasteiger partial charge in [0.1, 0.15) is 17.6 Å². The molecule has 0 aromatic carbocycles. The Kier molecular flexibility index (Phi) is 5.11. The minimum absolute atomic E-state index is 0.0713. The second kappa shape index (κ2) is 6.37. The lowest BCUT2D eigenvalue weighted by Gasteiger charge is -2.26. The molecule has 7 nitrogen and oxygen atoms in total. The number of nitrogens with zero attached hydrogens (tertiary/aromatic N) is 3. The predicted octanol–water partition coefficient (Wildman–Crippen LogP) is 1.88. The van der Waals surface area contributed by atoms with Crippen molar-refractivity contribution in [3.8, 4) is 0 Å². The van der Waals surface area contributed by atoms with E-state index in [1.807, 2.05) is 13.2 Å². The summed E-state index contributed by atoms with van der Waals surface area (Å²) in [6, 6.07) is 1.11. The Labute approximate surface area is 114 Å². The number of pyridine rings is 1. The normalized spacial score (nSPS) is 11.9. The molecule has 0 bridgehead atoms.